The van der Waals surface area contributed by atoms with E-state index in [9.17, 15) is 9.90 Å². The lowest BCUT2D eigenvalue weighted by molar-refractivity contribution is 0.1000. The van der Waals surface area contributed by atoms with Crippen molar-refractivity contribution in [3.63, 3.8) is 0 Å². The number of ether oxygens (including phenoxy) is 1. The Kier molecular flexibility index (Phi) is 4.44. The number of aromatic nitrogens is 2. The van der Waals surface area contributed by atoms with E-state index in [-0.39, 0.29) is 6.61 Å². The Labute approximate surface area is 156 Å². The van der Waals surface area contributed by atoms with Gasteiger partial charge in [-0.2, -0.15) is 4.98 Å². The van der Waals surface area contributed by atoms with E-state index in [1.807, 2.05) is 18.2 Å². The average molecular weight is 370 g/mol. The summed E-state index contributed by atoms with van der Waals surface area (Å²) >= 11 is 0. The van der Waals surface area contributed by atoms with E-state index in [4.69, 9.17) is 10.5 Å². The second-order valence-corrected chi connectivity index (χ2v) is 6.82. The van der Waals surface area contributed by atoms with Gasteiger partial charge < -0.3 is 31.5 Å². The van der Waals surface area contributed by atoms with Gasteiger partial charge in [0.1, 0.15) is 29.8 Å². The zero-order valence-electron chi connectivity index (χ0n) is 15.0. The Morgan fingerprint density at radius 3 is 2.93 bits per heavy atom. The van der Waals surface area contributed by atoms with Gasteiger partial charge in [0.2, 0.25) is 5.95 Å². The molecule has 27 heavy (non-hydrogen) atoms. The number of fused-ring (bicyclic) bond motifs is 1. The topological polar surface area (TPSA) is 134 Å². The van der Waals surface area contributed by atoms with E-state index in [2.05, 4.69) is 25.9 Å². The Bertz CT molecular complexity index is 884. The molecule has 4 rings (SSSR count). The number of aliphatic hydroxyl groups is 1. The molecule has 0 saturated heterocycles. The van der Waals surface area contributed by atoms with Crippen molar-refractivity contribution in [3.05, 3.63) is 29.5 Å². The SMILES string of the molecule is Cc1nc(Nc2ccc3c(c2)NCC(O)CO3)nc(NC2CC2)c1C(N)=O. The van der Waals surface area contributed by atoms with E-state index in [0.29, 0.717) is 41.4 Å². The molecule has 1 saturated carbocycles. The molecule has 2 aromatic rings. The summed E-state index contributed by atoms with van der Waals surface area (Å²) in [7, 11) is 0. The number of aliphatic hydroxyl groups excluding tert-OH is 1. The Morgan fingerprint density at radius 2 is 2.19 bits per heavy atom. The average Bonchev–Trinajstić information content (AvgIpc) is 3.43. The number of nitrogens with two attached hydrogens (primary N) is 1. The summed E-state index contributed by atoms with van der Waals surface area (Å²) in [6.07, 6.45) is 1.54. The van der Waals surface area contributed by atoms with Crippen LogP contribution in [0.15, 0.2) is 18.2 Å². The van der Waals surface area contributed by atoms with Gasteiger partial charge in [-0.3, -0.25) is 4.79 Å². The van der Waals surface area contributed by atoms with Crippen LogP contribution in [0.4, 0.5) is 23.1 Å². The minimum Gasteiger partial charge on any atom is -0.489 e. The van der Waals surface area contributed by atoms with Crippen LogP contribution in [-0.2, 0) is 0 Å². The van der Waals surface area contributed by atoms with Crippen LogP contribution in [-0.4, -0.2) is 46.3 Å². The molecule has 1 amide bonds. The summed E-state index contributed by atoms with van der Waals surface area (Å²) < 4.78 is 5.56. The molecule has 0 spiro atoms. The van der Waals surface area contributed by atoms with E-state index >= 15 is 0 Å². The van der Waals surface area contributed by atoms with Crippen LogP contribution in [0.3, 0.4) is 0 Å². The van der Waals surface area contributed by atoms with Crippen molar-refractivity contribution in [2.45, 2.75) is 31.9 Å². The highest BCUT2D eigenvalue weighted by Gasteiger charge is 2.25. The van der Waals surface area contributed by atoms with Crippen LogP contribution in [0.1, 0.15) is 28.9 Å². The molecule has 1 fully saturated rings. The normalized spacial score (nSPS) is 18.5. The van der Waals surface area contributed by atoms with Gasteiger partial charge in [0.05, 0.1) is 11.4 Å². The molecule has 6 N–H and O–H groups in total. The van der Waals surface area contributed by atoms with Crippen molar-refractivity contribution in [1.82, 2.24) is 9.97 Å². The molecule has 0 radical (unpaired) electrons. The second-order valence-electron chi connectivity index (χ2n) is 6.82. The van der Waals surface area contributed by atoms with E-state index in [1.165, 1.54) is 0 Å². The van der Waals surface area contributed by atoms with Crippen LogP contribution < -0.4 is 26.4 Å². The Balaban J connectivity index is 1.61. The van der Waals surface area contributed by atoms with Crippen LogP contribution >= 0.6 is 0 Å². The van der Waals surface area contributed by atoms with Crippen LogP contribution in [0.25, 0.3) is 0 Å². The van der Waals surface area contributed by atoms with E-state index < -0.39 is 12.0 Å². The van der Waals surface area contributed by atoms with Crippen molar-refractivity contribution in [2.24, 2.45) is 5.73 Å². The number of β-amino-alcohol motifs (C(OH)–C–C–N with tert-alkyl or cyclic N) is 1. The summed E-state index contributed by atoms with van der Waals surface area (Å²) in [5.74, 6) is 0.955. The number of nitrogens with one attached hydrogen (secondary N) is 3. The molecule has 1 unspecified atom stereocenters. The third-order valence-electron chi connectivity index (χ3n) is 4.45. The summed E-state index contributed by atoms with van der Waals surface area (Å²) in [5.41, 5.74) is 7.86. The largest absolute Gasteiger partial charge is 0.489 e. The molecule has 1 aliphatic heterocycles. The molecule has 0 bridgehead atoms. The first-order valence-electron chi connectivity index (χ1n) is 8.90. The number of hydrogen-bond donors (Lipinski definition) is 5. The smallest absolute Gasteiger partial charge is 0.254 e. The van der Waals surface area contributed by atoms with Gasteiger partial charge in [-0.25, -0.2) is 4.98 Å². The second kappa shape index (κ2) is 6.92. The summed E-state index contributed by atoms with van der Waals surface area (Å²) in [6.45, 7) is 2.40. The zero-order chi connectivity index (χ0) is 19.0. The molecule has 2 aliphatic rings. The maximum absolute atomic E-state index is 11.8. The van der Waals surface area contributed by atoms with Gasteiger partial charge in [0, 0.05) is 18.3 Å². The van der Waals surface area contributed by atoms with E-state index in [1.54, 1.807) is 6.92 Å². The zero-order valence-corrected chi connectivity index (χ0v) is 15.0. The Morgan fingerprint density at radius 1 is 1.37 bits per heavy atom. The molecule has 1 aromatic heterocycles. The van der Waals surface area contributed by atoms with Crippen molar-refractivity contribution in [2.75, 3.05) is 29.1 Å². The third kappa shape index (κ3) is 3.87. The predicted octanol–water partition coefficient (Wildman–Crippen LogP) is 1.37. The van der Waals surface area contributed by atoms with Crippen molar-refractivity contribution in [3.8, 4) is 5.75 Å². The summed E-state index contributed by atoms with van der Waals surface area (Å²) in [6, 6.07) is 5.84. The van der Waals surface area contributed by atoms with Crippen LogP contribution in [0, 0.1) is 6.92 Å². The molecule has 1 aliphatic carbocycles. The van der Waals surface area contributed by atoms with Crippen LogP contribution in [0.2, 0.25) is 0 Å². The quantitative estimate of drug-likeness (QED) is 0.533. The lowest BCUT2D eigenvalue weighted by Crippen LogP contribution is -2.23. The first-order chi connectivity index (χ1) is 13.0. The number of primary amides is 1. The molecule has 142 valence electrons. The molecular weight excluding hydrogens is 348 g/mol. The van der Waals surface area contributed by atoms with Gasteiger partial charge in [0.25, 0.3) is 5.91 Å². The number of benzene rings is 1. The van der Waals surface area contributed by atoms with Gasteiger partial charge in [-0.05, 0) is 38.0 Å². The third-order valence-corrected chi connectivity index (χ3v) is 4.45. The van der Waals surface area contributed by atoms with Crippen LogP contribution in [0.5, 0.6) is 5.75 Å². The van der Waals surface area contributed by atoms with Gasteiger partial charge >= 0.3 is 0 Å². The number of anilines is 4. The summed E-state index contributed by atoms with van der Waals surface area (Å²) in [5, 5.41) is 19.3. The number of amides is 1. The minimum absolute atomic E-state index is 0.250. The highest BCUT2D eigenvalue weighted by Crippen LogP contribution is 2.32. The highest BCUT2D eigenvalue weighted by atomic mass is 16.5. The standard InChI is InChI=1S/C18H22N6O3/c1-9-15(16(19)26)17(22-10-2-3-10)24-18(21-9)23-11-4-5-14-13(6-11)20-7-12(25)8-27-14/h4-6,10,12,20,25H,2-3,7-8H2,1H3,(H2,19,26)(H2,21,22,23,24). The Hall–Kier alpha value is -3.07. The fourth-order valence-corrected chi connectivity index (χ4v) is 2.92. The molecule has 1 aromatic carbocycles. The minimum atomic E-state index is -0.558. The van der Waals surface area contributed by atoms with Crippen molar-refractivity contribution >= 4 is 29.0 Å². The number of nitrogens with zero attached hydrogens (tertiary/aromatic N) is 2. The maximum atomic E-state index is 11.8. The molecular formula is C18H22N6O3. The molecule has 1 atom stereocenters. The van der Waals surface area contributed by atoms with Crippen molar-refractivity contribution in [1.29, 1.82) is 0 Å². The lowest BCUT2D eigenvalue weighted by atomic mass is 10.2. The van der Waals surface area contributed by atoms with Gasteiger partial charge in [0.15, 0.2) is 0 Å². The fraction of sp³-hybridized carbons (Fsp3) is 0.389. The first kappa shape index (κ1) is 17.3. The van der Waals surface area contributed by atoms with E-state index in [0.717, 1.165) is 24.2 Å². The number of hydrogen-bond acceptors (Lipinski definition) is 8. The van der Waals surface area contributed by atoms with Gasteiger partial charge in [-0.15, -0.1) is 0 Å². The number of rotatable bonds is 5. The molecule has 9 heteroatoms. The summed E-state index contributed by atoms with van der Waals surface area (Å²) in [4.78, 5) is 20.6. The van der Waals surface area contributed by atoms with Gasteiger partial charge in [-0.1, -0.05) is 0 Å². The maximum Gasteiger partial charge on any atom is 0.254 e. The first-order valence-corrected chi connectivity index (χ1v) is 8.90. The number of aryl methyl sites for hydroxylation is 1. The lowest BCUT2D eigenvalue weighted by Gasteiger charge is -2.14. The number of carbonyl (C=O) groups is 1. The monoisotopic (exact) mass is 370 g/mol. The fourth-order valence-electron chi connectivity index (χ4n) is 2.92. The molecule has 9 nitrogen and oxygen atoms in total. The highest BCUT2D eigenvalue weighted by molar-refractivity contribution is 5.99. The predicted molar refractivity (Wildman–Crippen MR) is 102 cm³/mol. The van der Waals surface area contributed by atoms with Crippen molar-refractivity contribution < 1.29 is 14.6 Å². The number of carbonyl (C=O) groups excluding carboxylic acids is 1. The molecule has 2 heterocycles.